The number of rotatable bonds is 2. The number of nitrogens with two attached hydrogens (primary N) is 1. The van der Waals surface area contributed by atoms with Crippen LogP contribution < -0.4 is 15.2 Å². The summed E-state index contributed by atoms with van der Waals surface area (Å²) in [6, 6.07) is 6.09. The Balaban J connectivity index is 1.95. The van der Waals surface area contributed by atoms with Gasteiger partial charge in [0.15, 0.2) is 11.5 Å². The van der Waals surface area contributed by atoms with E-state index >= 15 is 0 Å². The molecule has 14 heavy (non-hydrogen) atoms. The molecule has 2 N–H and O–H groups in total. The molecule has 1 aromatic carbocycles. The summed E-state index contributed by atoms with van der Waals surface area (Å²) in [5.41, 5.74) is 6.91. The summed E-state index contributed by atoms with van der Waals surface area (Å²) in [6.07, 6.45) is 1.19. The average molecular weight is 191 g/mol. The van der Waals surface area contributed by atoms with E-state index in [1.165, 1.54) is 12.0 Å². The van der Waals surface area contributed by atoms with Crippen LogP contribution in [0.3, 0.4) is 0 Å². The molecule has 0 radical (unpaired) electrons. The Labute approximate surface area is 82.8 Å². The van der Waals surface area contributed by atoms with Gasteiger partial charge in [-0.05, 0) is 30.9 Å². The lowest BCUT2D eigenvalue weighted by molar-refractivity contribution is 0.173. The highest BCUT2D eigenvalue weighted by molar-refractivity contribution is 5.51. The van der Waals surface area contributed by atoms with E-state index in [4.69, 9.17) is 15.2 Å². The molecule has 0 spiro atoms. The number of hydrogen-bond acceptors (Lipinski definition) is 3. The summed E-state index contributed by atoms with van der Waals surface area (Å²) in [5.74, 6) is 3.06. The topological polar surface area (TPSA) is 44.5 Å². The van der Waals surface area contributed by atoms with Crippen molar-refractivity contribution in [3.8, 4) is 11.5 Å². The van der Waals surface area contributed by atoms with Crippen molar-refractivity contribution in [1.82, 2.24) is 0 Å². The second-order valence-electron chi connectivity index (χ2n) is 3.92. The number of para-hydroxylation sites is 1. The maximum absolute atomic E-state index is 5.63. The maximum Gasteiger partial charge on any atom is 0.231 e. The zero-order valence-corrected chi connectivity index (χ0v) is 7.90. The smallest absolute Gasteiger partial charge is 0.231 e. The number of benzene rings is 1. The van der Waals surface area contributed by atoms with Gasteiger partial charge in [0.05, 0.1) is 0 Å². The first-order valence-corrected chi connectivity index (χ1v) is 4.98. The predicted octanol–water partition coefficient (Wildman–Crippen LogP) is 1.48. The van der Waals surface area contributed by atoms with Crippen molar-refractivity contribution in [2.24, 2.45) is 11.7 Å². The van der Waals surface area contributed by atoms with E-state index < -0.39 is 0 Å². The molecule has 2 aliphatic rings. The van der Waals surface area contributed by atoms with Gasteiger partial charge in [-0.2, -0.15) is 0 Å². The van der Waals surface area contributed by atoms with Gasteiger partial charge >= 0.3 is 0 Å². The third kappa shape index (κ3) is 1.09. The largest absolute Gasteiger partial charge is 0.454 e. The van der Waals surface area contributed by atoms with E-state index in [1.807, 2.05) is 12.1 Å². The summed E-state index contributed by atoms with van der Waals surface area (Å²) < 4.78 is 10.8. The van der Waals surface area contributed by atoms with Crippen LogP contribution in [-0.2, 0) is 0 Å². The molecular formula is C11H13NO2. The lowest BCUT2D eigenvalue weighted by atomic mass is 10.1. The zero-order chi connectivity index (χ0) is 9.54. The molecule has 3 rings (SSSR count). The molecule has 2 unspecified atom stereocenters. The first-order valence-electron chi connectivity index (χ1n) is 4.98. The normalized spacial score (nSPS) is 27.8. The van der Waals surface area contributed by atoms with Crippen LogP contribution in [0.1, 0.15) is 17.9 Å². The van der Waals surface area contributed by atoms with Crippen molar-refractivity contribution in [3.63, 3.8) is 0 Å². The van der Waals surface area contributed by atoms with Crippen LogP contribution in [0.25, 0.3) is 0 Å². The Bertz CT molecular complexity index is 364. The number of ether oxygens (including phenoxy) is 2. The Hall–Kier alpha value is -1.22. The highest BCUT2D eigenvalue weighted by Gasteiger charge is 2.40. The number of hydrogen-bond donors (Lipinski definition) is 1. The first kappa shape index (κ1) is 8.12. The van der Waals surface area contributed by atoms with Gasteiger partial charge in [-0.3, -0.25) is 0 Å². The minimum absolute atomic E-state index is 0.354. The fraction of sp³-hybridized carbons (Fsp3) is 0.455. The van der Waals surface area contributed by atoms with E-state index in [0.717, 1.165) is 18.0 Å². The van der Waals surface area contributed by atoms with Crippen molar-refractivity contribution in [2.45, 2.75) is 12.3 Å². The van der Waals surface area contributed by atoms with Crippen molar-refractivity contribution >= 4 is 0 Å². The lowest BCUT2D eigenvalue weighted by Crippen LogP contribution is -2.02. The third-order valence-corrected chi connectivity index (χ3v) is 3.05. The monoisotopic (exact) mass is 191 g/mol. The van der Waals surface area contributed by atoms with Gasteiger partial charge in [0.25, 0.3) is 0 Å². The zero-order valence-electron chi connectivity index (χ0n) is 7.90. The molecule has 0 saturated heterocycles. The van der Waals surface area contributed by atoms with Gasteiger partial charge in [-0.1, -0.05) is 12.1 Å². The fourth-order valence-corrected chi connectivity index (χ4v) is 2.13. The molecule has 1 aliphatic carbocycles. The Morgan fingerprint density at radius 1 is 1.36 bits per heavy atom. The van der Waals surface area contributed by atoms with Gasteiger partial charge < -0.3 is 15.2 Å². The first-order chi connectivity index (χ1) is 6.90. The van der Waals surface area contributed by atoms with Crippen LogP contribution in [0.4, 0.5) is 0 Å². The molecule has 3 nitrogen and oxygen atoms in total. The Morgan fingerprint density at radius 3 is 3.07 bits per heavy atom. The second kappa shape index (κ2) is 2.89. The quantitative estimate of drug-likeness (QED) is 0.770. The van der Waals surface area contributed by atoms with Crippen LogP contribution in [-0.4, -0.2) is 13.3 Å². The highest BCUT2D eigenvalue weighted by Crippen LogP contribution is 2.52. The molecule has 3 heteroatoms. The molecule has 0 aromatic heterocycles. The molecule has 0 bridgehead atoms. The Morgan fingerprint density at radius 2 is 2.29 bits per heavy atom. The molecular weight excluding hydrogens is 178 g/mol. The summed E-state index contributed by atoms with van der Waals surface area (Å²) in [5, 5.41) is 0. The van der Waals surface area contributed by atoms with E-state index in [-0.39, 0.29) is 0 Å². The van der Waals surface area contributed by atoms with E-state index in [2.05, 4.69) is 6.07 Å². The lowest BCUT2D eigenvalue weighted by Gasteiger charge is -2.03. The molecule has 0 amide bonds. The molecule has 1 aromatic rings. The molecule has 1 heterocycles. The highest BCUT2D eigenvalue weighted by atomic mass is 16.7. The minimum Gasteiger partial charge on any atom is -0.454 e. The summed E-state index contributed by atoms with van der Waals surface area (Å²) in [7, 11) is 0. The maximum atomic E-state index is 5.63. The average Bonchev–Trinajstić information content (AvgIpc) is 2.85. The molecule has 2 atom stereocenters. The summed E-state index contributed by atoms with van der Waals surface area (Å²) in [6.45, 7) is 1.13. The third-order valence-electron chi connectivity index (χ3n) is 3.05. The van der Waals surface area contributed by atoms with Gasteiger partial charge in [0.1, 0.15) is 0 Å². The predicted molar refractivity (Wildman–Crippen MR) is 52.5 cm³/mol. The van der Waals surface area contributed by atoms with Crippen LogP contribution >= 0.6 is 0 Å². The Kier molecular flexibility index (Phi) is 1.67. The van der Waals surface area contributed by atoms with Crippen molar-refractivity contribution in [2.75, 3.05) is 13.3 Å². The van der Waals surface area contributed by atoms with Crippen molar-refractivity contribution in [3.05, 3.63) is 23.8 Å². The van der Waals surface area contributed by atoms with Crippen molar-refractivity contribution in [1.29, 1.82) is 0 Å². The van der Waals surface area contributed by atoms with Crippen LogP contribution in [0, 0.1) is 5.92 Å². The van der Waals surface area contributed by atoms with Crippen LogP contribution in [0.2, 0.25) is 0 Å². The van der Waals surface area contributed by atoms with Gasteiger partial charge in [0, 0.05) is 5.56 Å². The molecule has 1 aliphatic heterocycles. The van der Waals surface area contributed by atoms with E-state index in [1.54, 1.807) is 0 Å². The summed E-state index contributed by atoms with van der Waals surface area (Å²) in [4.78, 5) is 0. The molecule has 74 valence electrons. The fourth-order valence-electron chi connectivity index (χ4n) is 2.13. The van der Waals surface area contributed by atoms with Gasteiger partial charge in [-0.15, -0.1) is 0 Å². The van der Waals surface area contributed by atoms with Gasteiger partial charge in [-0.25, -0.2) is 0 Å². The van der Waals surface area contributed by atoms with Gasteiger partial charge in [0.2, 0.25) is 6.79 Å². The standard InChI is InChI=1S/C11H13NO2/c12-5-7-4-9(7)8-2-1-3-10-11(8)14-6-13-10/h1-3,7,9H,4-6,12H2. The second-order valence-corrected chi connectivity index (χ2v) is 3.92. The van der Waals surface area contributed by atoms with E-state index in [0.29, 0.717) is 18.6 Å². The van der Waals surface area contributed by atoms with Crippen LogP contribution in [0.5, 0.6) is 11.5 Å². The van der Waals surface area contributed by atoms with Crippen LogP contribution in [0.15, 0.2) is 18.2 Å². The number of fused-ring (bicyclic) bond motifs is 1. The SMILES string of the molecule is NCC1CC1c1cccc2c1OCO2. The van der Waals surface area contributed by atoms with Crippen molar-refractivity contribution < 1.29 is 9.47 Å². The molecule has 1 saturated carbocycles. The van der Waals surface area contributed by atoms with E-state index in [9.17, 15) is 0 Å². The molecule has 1 fully saturated rings. The summed E-state index contributed by atoms with van der Waals surface area (Å²) >= 11 is 0. The minimum atomic E-state index is 0.354.